The van der Waals surface area contributed by atoms with Crippen molar-refractivity contribution in [2.24, 2.45) is 0 Å². The van der Waals surface area contributed by atoms with Gasteiger partial charge >= 0.3 is 0 Å². The lowest BCUT2D eigenvalue weighted by atomic mass is 10.0. The fraction of sp³-hybridized carbons (Fsp3) is 0.0833. The summed E-state index contributed by atoms with van der Waals surface area (Å²) in [6.45, 7) is 4.28. The largest absolute Gasteiger partial charge is 0.0620 e. The molecule has 0 aliphatic carbocycles. The summed E-state index contributed by atoms with van der Waals surface area (Å²) < 4.78 is 0. The van der Waals surface area contributed by atoms with Gasteiger partial charge in [-0.3, -0.25) is 0 Å². The second-order valence-electron chi connectivity index (χ2n) is 6.05. The molecule has 0 aliphatic heterocycles. The maximum absolute atomic E-state index is 2.17. The van der Waals surface area contributed by atoms with Crippen molar-refractivity contribution in [3.05, 3.63) is 106 Å². The number of hydrogen-bond donors (Lipinski definition) is 0. The van der Waals surface area contributed by atoms with Crippen LogP contribution in [0.3, 0.4) is 0 Å². The minimum absolute atomic E-state index is 1.21. The molecule has 24 heavy (non-hydrogen) atoms. The molecule has 0 saturated heterocycles. The first-order valence-electron chi connectivity index (χ1n) is 8.30. The van der Waals surface area contributed by atoms with Crippen LogP contribution in [-0.2, 0) is 0 Å². The molecule has 0 amide bonds. The first-order chi connectivity index (χ1) is 11.7. The quantitative estimate of drug-likeness (QED) is 0.473. The fourth-order valence-corrected chi connectivity index (χ4v) is 2.64. The van der Waals surface area contributed by atoms with Gasteiger partial charge in [-0.2, -0.15) is 0 Å². The van der Waals surface area contributed by atoms with Gasteiger partial charge in [0.25, 0.3) is 0 Å². The van der Waals surface area contributed by atoms with Crippen molar-refractivity contribution in [1.82, 2.24) is 0 Å². The predicted octanol–water partition coefficient (Wildman–Crippen LogP) is 6.64. The van der Waals surface area contributed by atoms with Crippen LogP contribution in [0.1, 0.15) is 33.4 Å². The monoisotopic (exact) mass is 310 g/mol. The van der Waals surface area contributed by atoms with Crippen molar-refractivity contribution in [2.45, 2.75) is 13.8 Å². The molecule has 3 rings (SSSR count). The highest BCUT2D eigenvalue weighted by Crippen LogP contribution is 2.15. The summed E-state index contributed by atoms with van der Waals surface area (Å²) in [5.41, 5.74) is 7.55. The minimum atomic E-state index is 1.21. The number of rotatable bonds is 4. The molecular formula is C24H22. The highest BCUT2D eigenvalue weighted by molar-refractivity contribution is 5.74. The SMILES string of the molecule is Cc1ccccc1C=Cc1ccc(C=Cc2ccccc2C)cc1. The van der Waals surface area contributed by atoms with E-state index in [2.05, 4.69) is 111 Å². The second kappa shape index (κ2) is 7.61. The molecule has 0 bridgehead atoms. The molecule has 0 N–H and O–H groups in total. The van der Waals surface area contributed by atoms with Gasteiger partial charge in [0, 0.05) is 0 Å². The Bertz CT molecular complexity index is 790. The zero-order valence-electron chi connectivity index (χ0n) is 14.2. The topological polar surface area (TPSA) is 0 Å². The molecule has 3 aromatic carbocycles. The lowest BCUT2D eigenvalue weighted by molar-refractivity contribution is 1.44. The van der Waals surface area contributed by atoms with Crippen LogP contribution >= 0.6 is 0 Å². The van der Waals surface area contributed by atoms with Gasteiger partial charge in [0.2, 0.25) is 0 Å². The van der Waals surface area contributed by atoms with Crippen molar-refractivity contribution in [3.63, 3.8) is 0 Å². The van der Waals surface area contributed by atoms with Gasteiger partial charge in [-0.1, -0.05) is 97.1 Å². The van der Waals surface area contributed by atoms with E-state index in [1.54, 1.807) is 0 Å². The molecule has 0 fully saturated rings. The fourth-order valence-electron chi connectivity index (χ4n) is 2.64. The van der Waals surface area contributed by atoms with E-state index in [0.717, 1.165) is 0 Å². The number of benzene rings is 3. The predicted molar refractivity (Wildman–Crippen MR) is 107 cm³/mol. The lowest BCUT2D eigenvalue weighted by Crippen LogP contribution is -1.80. The van der Waals surface area contributed by atoms with Crippen LogP contribution in [0.5, 0.6) is 0 Å². The Hall–Kier alpha value is -2.86. The van der Waals surface area contributed by atoms with Gasteiger partial charge in [0.1, 0.15) is 0 Å². The Kier molecular flexibility index (Phi) is 5.08. The molecule has 0 aliphatic rings. The summed E-state index contributed by atoms with van der Waals surface area (Å²) in [4.78, 5) is 0. The Morgan fingerprint density at radius 3 is 1.21 bits per heavy atom. The van der Waals surface area contributed by atoms with Crippen molar-refractivity contribution < 1.29 is 0 Å². The second-order valence-corrected chi connectivity index (χ2v) is 6.05. The van der Waals surface area contributed by atoms with Crippen LogP contribution in [0, 0.1) is 13.8 Å². The van der Waals surface area contributed by atoms with E-state index in [1.807, 2.05) is 0 Å². The van der Waals surface area contributed by atoms with Crippen molar-refractivity contribution >= 4 is 24.3 Å². The Morgan fingerprint density at radius 1 is 0.458 bits per heavy atom. The molecule has 0 heterocycles. The Balaban J connectivity index is 1.72. The molecule has 0 radical (unpaired) electrons. The van der Waals surface area contributed by atoms with E-state index in [1.165, 1.54) is 33.4 Å². The third-order valence-corrected chi connectivity index (χ3v) is 4.22. The van der Waals surface area contributed by atoms with E-state index >= 15 is 0 Å². The molecule has 118 valence electrons. The van der Waals surface area contributed by atoms with E-state index in [0.29, 0.717) is 0 Å². The zero-order valence-corrected chi connectivity index (χ0v) is 14.2. The molecule has 0 saturated carbocycles. The molecule has 0 spiro atoms. The van der Waals surface area contributed by atoms with Gasteiger partial charge in [-0.05, 0) is 47.2 Å². The minimum Gasteiger partial charge on any atom is -0.0620 e. The summed E-state index contributed by atoms with van der Waals surface area (Å²) in [6, 6.07) is 25.5. The summed E-state index contributed by atoms with van der Waals surface area (Å²) in [7, 11) is 0. The molecule has 0 unspecified atom stereocenters. The van der Waals surface area contributed by atoms with Crippen LogP contribution in [0.25, 0.3) is 24.3 Å². The van der Waals surface area contributed by atoms with Crippen LogP contribution in [0.15, 0.2) is 72.8 Å². The van der Waals surface area contributed by atoms with Crippen LogP contribution in [-0.4, -0.2) is 0 Å². The summed E-state index contributed by atoms with van der Waals surface area (Å²) in [6.07, 6.45) is 8.68. The van der Waals surface area contributed by atoms with Crippen molar-refractivity contribution in [3.8, 4) is 0 Å². The highest BCUT2D eigenvalue weighted by Gasteiger charge is 1.94. The molecule has 0 atom stereocenters. The standard InChI is InChI=1S/C24H22/c1-19-7-3-5-9-23(19)17-15-21-11-13-22(14-12-21)16-18-24-10-6-4-8-20(24)2/h3-18H,1-2H3. The molecule has 0 aromatic heterocycles. The third-order valence-electron chi connectivity index (χ3n) is 4.22. The van der Waals surface area contributed by atoms with Crippen LogP contribution in [0.4, 0.5) is 0 Å². The van der Waals surface area contributed by atoms with Gasteiger partial charge in [0.15, 0.2) is 0 Å². The average Bonchev–Trinajstić information content (AvgIpc) is 2.61. The van der Waals surface area contributed by atoms with Crippen molar-refractivity contribution in [1.29, 1.82) is 0 Å². The smallest absolute Gasteiger partial charge is 0.0227 e. The van der Waals surface area contributed by atoms with Gasteiger partial charge in [-0.15, -0.1) is 0 Å². The van der Waals surface area contributed by atoms with Gasteiger partial charge in [0.05, 0.1) is 0 Å². The van der Waals surface area contributed by atoms with Crippen LogP contribution < -0.4 is 0 Å². The Morgan fingerprint density at radius 2 is 0.833 bits per heavy atom. The van der Waals surface area contributed by atoms with E-state index in [4.69, 9.17) is 0 Å². The first-order valence-corrected chi connectivity index (χ1v) is 8.30. The summed E-state index contributed by atoms with van der Waals surface area (Å²) in [5, 5.41) is 0. The summed E-state index contributed by atoms with van der Waals surface area (Å²) in [5.74, 6) is 0. The van der Waals surface area contributed by atoms with Crippen LogP contribution in [0.2, 0.25) is 0 Å². The highest BCUT2D eigenvalue weighted by atomic mass is 14.0. The van der Waals surface area contributed by atoms with E-state index in [-0.39, 0.29) is 0 Å². The first kappa shape index (κ1) is 16.0. The Labute approximate surface area is 144 Å². The maximum Gasteiger partial charge on any atom is -0.0227 e. The third kappa shape index (κ3) is 4.11. The van der Waals surface area contributed by atoms with E-state index < -0.39 is 0 Å². The number of aryl methyl sites for hydroxylation is 2. The van der Waals surface area contributed by atoms with Gasteiger partial charge < -0.3 is 0 Å². The average molecular weight is 310 g/mol. The normalized spacial score (nSPS) is 11.4. The number of hydrogen-bond acceptors (Lipinski definition) is 0. The molecular weight excluding hydrogens is 288 g/mol. The molecule has 3 aromatic rings. The molecule has 0 heteroatoms. The zero-order chi connectivity index (χ0) is 16.8. The summed E-state index contributed by atoms with van der Waals surface area (Å²) >= 11 is 0. The van der Waals surface area contributed by atoms with Crippen molar-refractivity contribution in [2.75, 3.05) is 0 Å². The van der Waals surface area contributed by atoms with Gasteiger partial charge in [-0.25, -0.2) is 0 Å². The maximum atomic E-state index is 2.17. The molecule has 0 nitrogen and oxygen atoms in total. The lowest BCUT2D eigenvalue weighted by Gasteiger charge is -2.00. The van der Waals surface area contributed by atoms with E-state index in [9.17, 15) is 0 Å².